The Kier molecular flexibility index (Phi) is 6.57. The number of nitrogens with one attached hydrogen (secondary N) is 1. The van der Waals surface area contributed by atoms with Crippen LogP contribution in [0.3, 0.4) is 0 Å². The fraction of sp³-hybridized carbons (Fsp3) is 0.429. The summed E-state index contributed by atoms with van der Waals surface area (Å²) in [4.78, 5) is 5.09. The van der Waals surface area contributed by atoms with Crippen molar-refractivity contribution in [3.8, 4) is 16.9 Å². The van der Waals surface area contributed by atoms with E-state index < -0.39 is 0 Å². The van der Waals surface area contributed by atoms with Crippen LogP contribution < -0.4 is 10.1 Å². The first kappa shape index (κ1) is 22.5. The third-order valence-electron chi connectivity index (χ3n) is 6.85. The van der Waals surface area contributed by atoms with E-state index in [1.165, 1.54) is 37.7 Å². The topological polar surface area (TPSA) is 64.6 Å². The molecule has 178 valence electrons. The number of pyridine rings is 1. The summed E-state index contributed by atoms with van der Waals surface area (Å²) in [6, 6.07) is 13.2. The maximum absolute atomic E-state index is 5.59. The van der Waals surface area contributed by atoms with Crippen molar-refractivity contribution < 1.29 is 9.26 Å². The van der Waals surface area contributed by atoms with Gasteiger partial charge in [0.05, 0.1) is 18.0 Å². The number of rotatable bonds is 8. The minimum atomic E-state index is 0.514. The lowest BCUT2D eigenvalue weighted by Crippen LogP contribution is -2.23. The van der Waals surface area contributed by atoms with Gasteiger partial charge < -0.3 is 14.6 Å². The molecule has 0 bridgehead atoms. The molecule has 1 aliphatic rings. The van der Waals surface area contributed by atoms with Crippen LogP contribution in [0.25, 0.3) is 16.8 Å². The zero-order valence-electron chi connectivity index (χ0n) is 20.4. The molecule has 0 radical (unpaired) electrons. The molecule has 1 saturated carbocycles. The summed E-state index contributed by atoms with van der Waals surface area (Å²) in [5.41, 5.74) is 6.43. The van der Waals surface area contributed by atoms with Gasteiger partial charge in [-0.2, -0.15) is 0 Å². The van der Waals surface area contributed by atoms with Gasteiger partial charge in [0.1, 0.15) is 23.0 Å². The molecule has 5 rings (SSSR count). The SMILES string of the molecule is CCOc1ccc(CCc2nc3cc(-c4c(C)noc4C)ccn3c2NC2CCCCC2)cc1. The van der Waals surface area contributed by atoms with Crippen molar-refractivity contribution in [1.82, 2.24) is 14.5 Å². The van der Waals surface area contributed by atoms with Gasteiger partial charge in [0.2, 0.25) is 0 Å². The lowest BCUT2D eigenvalue weighted by molar-refractivity contribution is 0.340. The van der Waals surface area contributed by atoms with Crippen LogP contribution >= 0.6 is 0 Å². The van der Waals surface area contributed by atoms with Crippen LogP contribution in [0.5, 0.6) is 5.75 Å². The van der Waals surface area contributed by atoms with Gasteiger partial charge in [-0.15, -0.1) is 0 Å². The zero-order valence-corrected chi connectivity index (χ0v) is 20.4. The molecule has 1 aromatic carbocycles. The Morgan fingerprint density at radius 3 is 2.56 bits per heavy atom. The van der Waals surface area contributed by atoms with E-state index in [1.54, 1.807) is 0 Å². The van der Waals surface area contributed by atoms with Crippen LogP contribution in [0.4, 0.5) is 5.82 Å². The van der Waals surface area contributed by atoms with Gasteiger partial charge in [0.25, 0.3) is 0 Å². The summed E-state index contributed by atoms with van der Waals surface area (Å²) in [5.74, 6) is 2.90. The van der Waals surface area contributed by atoms with Crippen LogP contribution in [-0.2, 0) is 12.8 Å². The summed E-state index contributed by atoms with van der Waals surface area (Å²) >= 11 is 0. The number of anilines is 1. The van der Waals surface area contributed by atoms with E-state index in [0.29, 0.717) is 12.6 Å². The highest BCUT2D eigenvalue weighted by Crippen LogP contribution is 2.31. The summed E-state index contributed by atoms with van der Waals surface area (Å²) in [6.45, 7) is 6.64. The molecule has 6 heteroatoms. The minimum Gasteiger partial charge on any atom is -0.494 e. The Morgan fingerprint density at radius 2 is 1.85 bits per heavy atom. The predicted molar refractivity (Wildman–Crippen MR) is 136 cm³/mol. The molecule has 3 heterocycles. The Morgan fingerprint density at radius 1 is 1.06 bits per heavy atom. The number of hydrogen-bond donors (Lipinski definition) is 1. The van der Waals surface area contributed by atoms with Gasteiger partial charge in [0, 0.05) is 17.8 Å². The lowest BCUT2D eigenvalue weighted by atomic mass is 9.95. The number of ether oxygens (including phenoxy) is 1. The molecule has 0 spiro atoms. The van der Waals surface area contributed by atoms with Crippen LogP contribution in [0.1, 0.15) is 61.7 Å². The number of benzene rings is 1. The monoisotopic (exact) mass is 458 g/mol. The van der Waals surface area contributed by atoms with Gasteiger partial charge in [-0.25, -0.2) is 4.98 Å². The highest BCUT2D eigenvalue weighted by Gasteiger charge is 2.20. The fourth-order valence-electron chi connectivity index (χ4n) is 5.09. The van der Waals surface area contributed by atoms with Crippen molar-refractivity contribution in [3.63, 3.8) is 0 Å². The number of aryl methyl sites for hydroxylation is 4. The minimum absolute atomic E-state index is 0.514. The van der Waals surface area contributed by atoms with Crippen molar-refractivity contribution in [2.75, 3.05) is 11.9 Å². The maximum atomic E-state index is 5.59. The third-order valence-corrected chi connectivity index (χ3v) is 6.85. The first-order chi connectivity index (χ1) is 16.6. The molecule has 0 saturated heterocycles. The quantitative estimate of drug-likeness (QED) is 0.325. The summed E-state index contributed by atoms with van der Waals surface area (Å²) in [5, 5.41) is 7.99. The van der Waals surface area contributed by atoms with E-state index in [2.05, 4.69) is 57.5 Å². The van der Waals surface area contributed by atoms with Gasteiger partial charge in [-0.05, 0) is 81.8 Å². The lowest BCUT2D eigenvalue weighted by Gasteiger charge is -2.24. The van der Waals surface area contributed by atoms with E-state index in [9.17, 15) is 0 Å². The molecule has 0 aliphatic heterocycles. The first-order valence-electron chi connectivity index (χ1n) is 12.5. The molecule has 34 heavy (non-hydrogen) atoms. The maximum Gasteiger partial charge on any atom is 0.141 e. The van der Waals surface area contributed by atoms with Crippen LogP contribution in [0, 0.1) is 13.8 Å². The molecule has 1 N–H and O–H groups in total. The van der Waals surface area contributed by atoms with Crippen molar-refractivity contribution in [2.45, 2.75) is 71.8 Å². The van der Waals surface area contributed by atoms with Crippen LogP contribution in [-0.4, -0.2) is 27.2 Å². The van der Waals surface area contributed by atoms with Gasteiger partial charge >= 0.3 is 0 Å². The Balaban J connectivity index is 1.45. The van der Waals surface area contributed by atoms with Gasteiger partial charge in [0.15, 0.2) is 0 Å². The number of aromatic nitrogens is 3. The summed E-state index contributed by atoms with van der Waals surface area (Å²) in [7, 11) is 0. The highest BCUT2D eigenvalue weighted by atomic mass is 16.5. The van der Waals surface area contributed by atoms with E-state index >= 15 is 0 Å². The average Bonchev–Trinajstić information content (AvgIpc) is 3.37. The van der Waals surface area contributed by atoms with Crippen molar-refractivity contribution >= 4 is 11.5 Å². The second-order valence-electron chi connectivity index (χ2n) is 9.31. The van der Waals surface area contributed by atoms with E-state index in [-0.39, 0.29) is 0 Å². The molecule has 3 aromatic heterocycles. The molecule has 4 aromatic rings. The van der Waals surface area contributed by atoms with Crippen molar-refractivity contribution in [3.05, 3.63) is 65.3 Å². The normalized spacial score (nSPS) is 14.6. The molecule has 0 unspecified atom stereocenters. The first-order valence-corrected chi connectivity index (χ1v) is 12.5. The van der Waals surface area contributed by atoms with E-state index in [0.717, 1.165) is 58.3 Å². The highest BCUT2D eigenvalue weighted by molar-refractivity contribution is 5.72. The molecule has 1 aliphatic carbocycles. The molecular formula is C28H34N4O2. The molecule has 0 amide bonds. The average molecular weight is 459 g/mol. The van der Waals surface area contributed by atoms with Crippen LogP contribution in [0.2, 0.25) is 0 Å². The van der Waals surface area contributed by atoms with E-state index in [4.69, 9.17) is 14.2 Å². The second-order valence-corrected chi connectivity index (χ2v) is 9.31. The van der Waals surface area contributed by atoms with Crippen molar-refractivity contribution in [2.24, 2.45) is 0 Å². The Hall–Kier alpha value is -3.28. The number of nitrogens with zero attached hydrogens (tertiary/aromatic N) is 3. The van der Waals surface area contributed by atoms with Gasteiger partial charge in [-0.1, -0.05) is 36.6 Å². The zero-order chi connectivity index (χ0) is 23.5. The molecule has 0 atom stereocenters. The predicted octanol–water partition coefficient (Wildman–Crippen LogP) is 6.53. The summed E-state index contributed by atoms with van der Waals surface area (Å²) < 4.78 is 13.2. The Labute approximate surface area is 201 Å². The van der Waals surface area contributed by atoms with Crippen molar-refractivity contribution in [1.29, 1.82) is 0 Å². The largest absolute Gasteiger partial charge is 0.494 e. The Bertz CT molecular complexity index is 1230. The summed E-state index contributed by atoms with van der Waals surface area (Å²) in [6.07, 6.45) is 10.3. The van der Waals surface area contributed by atoms with E-state index in [1.807, 2.05) is 20.8 Å². The molecular weight excluding hydrogens is 424 g/mol. The number of imidazole rings is 1. The fourth-order valence-corrected chi connectivity index (χ4v) is 5.09. The molecule has 1 fully saturated rings. The third kappa shape index (κ3) is 4.67. The van der Waals surface area contributed by atoms with Gasteiger partial charge in [-0.3, -0.25) is 4.40 Å². The van der Waals surface area contributed by atoms with Crippen LogP contribution in [0.15, 0.2) is 47.1 Å². The number of hydrogen-bond acceptors (Lipinski definition) is 5. The molecule has 6 nitrogen and oxygen atoms in total. The smallest absolute Gasteiger partial charge is 0.141 e. The standard InChI is InChI=1S/C28H34N4O2/c1-4-33-24-13-10-21(11-14-24)12-15-25-28(29-23-8-6-5-7-9-23)32-17-16-22(18-26(32)30-25)27-19(2)31-34-20(27)3/h10-11,13-14,16-18,23,29H,4-9,12,15H2,1-3H3. The second kappa shape index (κ2) is 9.92. The number of fused-ring (bicyclic) bond motifs is 1.